The summed E-state index contributed by atoms with van der Waals surface area (Å²) in [4.78, 5) is 0.981. The fraction of sp³-hybridized carbons (Fsp3) is 0.167. The second-order valence-corrected chi connectivity index (χ2v) is 3.64. The third kappa shape index (κ3) is 1.58. The number of thiophene rings is 1. The highest BCUT2D eigenvalue weighted by atomic mass is 79.9. The van der Waals surface area contributed by atoms with Crippen LogP contribution >= 0.6 is 27.3 Å². The maximum Gasteiger partial charge on any atom is 0.0936 e. The maximum absolute atomic E-state index is 8.38. The average molecular weight is 220 g/mol. The Kier molecular flexibility index (Phi) is 2.45. The van der Waals surface area contributed by atoms with E-state index in [1.54, 1.807) is 18.3 Å². The molecule has 0 aromatic carbocycles. The topological polar surface area (TPSA) is 32.6 Å². The molecule has 0 spiro atoms. The monoisotopic (exact) mass is 219 g/mol. The summed E-state index contributed by atoms with van der Waals surface area (Å²) < 4.78 is 1.02. The molecular weight excluding hydrogens is 214 g/mol. The van der Waals surface area contributed by atoms with Crippen LogP contribution in [0, 0.1) is 0 Å². The number of nitrogens with zero attached hydrogens (tertiary/aromatic N) is 1. The van der Waals surface area contributed by atoms with Crippen molar-refractivity contribution in [2.45, 2.75) is 6.92 Å². The fourth-order valence-electron chi connectivity index (χ4n) is 0.552. The molecule has 0 fully saturated rings. The lowest BCUT2D eigenvalue weighted by atomic mass is 10.3. The third-order valence-corrected chi connectivity index (χ3v) is 2.87. The first-order chi connectivity index (χ1) is 4.74. The molecule has 0 saturated carbocycles. The van der Waals surface area contributed by atoms with Gasteiger partial charge in [0.1, 0.15) is 0 Å². The molecule has 10 heavy (non-hydrogen) atoms. The SMILES string of the molecule is CC(=NO)c1cc(Br)cs1. The van der Waals surface area contributed by atoms with Gasteiger partial charge in [-0.1, -0.05) is 5.16 Å². The molecule has 0 aliphatic heterocycles. The van der Waals surface area contributed by atoms with Crippen LogP contribution in [0.5, 0.6) is 0 Å². The lowest BCUT2D eigenvalue weighted by Gasteiger charge is -1.87. The minimum atomic E-state index is 0.649. The van der Waals surface area contributed by atoms with Crippen molar-refractivity contribution in [3.8, 4) is 0 Å². The molecule has 0 unspecified atom stereocenters. The van der Waals surface area contributed by atoms with Gasteiger partial charge in [-0.3, -0.25) is 0 Å². The Balaban J connectivity index is 2.95. The molecule has 1 aromatic rings. The van der Waals surface area contributed by atoms with Crippen molar-refractivity contribution in [2.75, 3.05) is 0 Å². The zero-order valence-corrected chi connectivity index (χ0v) is 7.74. The van der Waals surface area contributed by atoms with Gasteiger partial charge in [-0.05, 0) is 28.9 Å². The molecule has 1 aromatic heterocycles. The molecule has 0 bridgehead atoms. The van der Waals surface area contributed by atoms with E-state index in [4.69, 9.17) is 5.21 Å². The molecule has 0 aliphatic rings. The highest BCUT2D eigenvalue weighted by Gasteiger charge is 1.99. The Labute approximate surface area is 71.3 Å². The molecule has 4 heteroatoms. The molecule has 0 aliphatic carbocycles. The van der Waals surface area contributed by atoms with Crippen molar-refractivity contribution in [1.29, 1.82) is 0 Å². The highest BCUT2D eigenvalue weighted by molar-refractivity contribution is 9.10. The molecular formula is C6H6BrNOS. The smallest absolute Gasteiger partial charge is 0.0936 e. The summed E-state index contributed by atoms with van der Waals surface area (Å²) in [5.74, 6) is 0. The third-order valence-electron chi connectivity index (χ3n) is 1.07. The summed E-state index contributed by atoms with van der Waals surface area (Å²) >= 11 is 4.85. The summed E-state index contributed by atoms with van der Waals surface area (Å²) in [6, 6.07) is 1.92. The van der Waals surface area contributed by atoms with Crippen LogP contribution in [0.2, 0.25) is 0 Å². The van der Waals surface area contributed by atoms with Crippen molar-refractivity contribution < 1.29 is 5.21 Å². The number of oxime groups is 1. The summed E-state index contributed by atoms with van der Waals surface area (Å²) in [5, 5.41) is 13.4. The Bertz CT molecular complexity index is 256. The minimum absolute atomic E-state index is 0.649. The molecule has 0 amide bonds. The van der Waals surface area contributed by atoms with Gasteiger partial charge in [0.2, 0.25) is 0 Å². The summed E-state index contributed by atoms with van der Waals surface area (Å²) in [5.41, 5.74) is 0.649. The summed E-state index contributed by atoms with van der Waals surface area (Å²) in [7, 11) is 0. The predicted octanol–water partition coefficient (Wildman–Crippen LogP) is 2.71. The Hall–Kier alpha value is -0.350. The van der Waals surface area contributed by atoms with Gasteiger partial charge in [0, 0.05) is 9.85 Å². The molecule has 0 radical (unpaired) electrons. The van der Waals surface area contributed by atoms with Gasteiger partial charge in [0.15, 0.2) is 0 Å². The van der Waals surface area contributed by atoms with Crippen LogP contribution in [-0.4, -0.2) is 10.9 Å². The molecule has 0 saturated heterocycles. The van der Waals surface area contributed by atoms with E-state index in [2.05, 4.69) is 21.1 Å². The first kappa shape index (κ1) is 7.75. The van der Waals surface area contributed by atoms with Crippen LogP contribution in [0.15, 0.2) is 21.1 Å². The molecule has 2 nitrogen and oxygen atoms in total. The lowest BCUT2D eigenvalue weighted by Crippen LogP contribution is -1.87. The van der Waals surface area contributed by atoms with Crippen molar-refractivity contribution in [1.82, 2.24) is 0 Å². The standard InChI is InChI=1S/C6H6BrNOS/c1-4(8-9)6-2-5(7)3-10-6/h2-3,9H,1H3. The van der Waals surface area contributed by atoms with E-state index < -0.39 is 0 Å². The van der Waals surface area contributed by atoms with Crippen LogP contribution in [0.1, 0.15) is 11.8 Å². The molecule has 54 valence electrons. The van der Waals surface area contributed by atoms with Gasteiger partial charge in [-0.2, -0.15) is 0 Å². The van der Waals surface area contributed by atoms with E-state index in [0.717, 1.165) is 9.35 Å². The number of hydrogen-bond acceptors (Lipinski definition) is 3. The quantitative estimate of drug-likeness (QED) is 0.440. The van der Waals surface area contributed by atoms with Gasteiger partial charge in [0.05, 0.1) is 10.6 Å². The van der Waals surface area contributed by atoms with E-state index in [1.807, 2.05) is 11.4 Å². The Morgan fingerprint density at radius 3 is 2.90 bits per heavy atom. The average Bonchev–Trinajstić information content (AvgIpc) is 2.34. The van der Waals surface area contributed by atoms with Gasteiger partial charge in [0.25, 0.3) is 0 Å². The van der Waals surface area contributed by atoms with Gasteiger partial charge < -0.3 is 5.21 Å². The van der Waals surface area contributed by atoms with E-state index in [0.29, 0.717) is 5.71 Å². The maximum atomic E-state index is 8.38. The summed E-state index contributed by atoms with van der Waals surface area (Å²) in [6.07, 6.45) is 0. The lowest BCUT2D eigenvalue weighted by molar-refractivity contribution is 0.319. The van der Waals surface area contributed by atoms with Crippen LogP contribution in [-0.2, 0) is 0 Å². The normalized spacial score (nSPS) is 12.0. The van der Waals surface area contributed by atoms with Gasteiger partial charge in [-0.25, -0.2) is 0 Å². The minimum Gasteiger partial charge on any atom is -0.411 e. The van der Waals surface area contributed by atoms with Crippen molar-refractivity contribution in [2.24, 2.45) is 5.16 Å². The first-order valence-electron chi connectivity index (χ1n) is 2.67. The number of rotatable bonds is 1. The Morgan fingerprint density at radius 2 is 2.50 bits per heavy atom. The largest absolute Gasteiger partial charge is 0.411 e. The second-order valence-electron chi connectivity index (χ2n) is 1.81. The summed E-state index contributed by atoms with van der Waals surface area (Å²) in [6.45, 7) is 1.76. The van der Waals surface area contributed by atoms with E-state index >= 15 is 0 Å². The van der Waals surface area contributed by atoms with Crippen LogP contribution in [0.25, 0.3) is 0 Å². The van der Waals surface area contributed by atoms with E-state index in [9.17, 15) is 0 Å². The zero-order chi connectivity index (χ0) is 7.56. The van der Waals surface area contributed by atoms with E-state index in [-0.39, 0.29) is 0 Å². The molecule has 1 rings (SSSR count). The van der Waals surface area contributed by atoms with Crippen molar-refractivity contribution >= 4 is 33.0 Å². The Morgan fingerprint density at radius 1 is 1.80 bits per heavy atom. The van der Waals surface area contributed by atoms with Crippen molar-refractivity contribution in [3.63, 3.8) is 0 Å². The van der Waals surface area contributed by atoms with Crippen LogP contribution in [0.4, 0.5) is 0 Å². The van der Waals surface area contributed by atoms with Crippen LogP contribution < -0.4 is 0 Å². The van der Waals surface area contributed by atoms with E-state index in [1.165, 1.54) is 0 Å². The first-order valence-corrected chi connectivity index (χ1v) is 4.34. The van der Waals surface area contributed by atoms with Gasteiger partial charge >= 0.3 is 0 Å². The molecule has 1 N–H and O–H groups in total. The highest BCUT2D eigenvalue weighted by Crippen LogP contribution is 2.19. The van der Waals surface area contributed by atoms with Crippen LogP contribution in [0.3, 0.4) is 0 Å². The zero-order valence-electron chi connectivity index (χ0n) is 5.34. The molecule has 0 atom stereocenters. The van der Waals surface area contributed by atoms with Crippen molar-refractivity contribution in [3.05, 3.63) is 20.8 Å². The molecule has 1 heterocycles. The fourth-order valence-corrected chi connectivity index (χ4v) is 1.93. The predicted molar refractivity (Wildman–Crippen MR) is 46.0 cm³/mol. The second kappa shape index (κ2) is 3.16. The number of hydrogen-bond donors (Lipinski definition) is 1. The van der Waals surface area contributed by atoms with Gasteiger partial charge in [-0.15, -0.1) is 11.3 Å². The number of halogens is 1.